The van der Waals surface area contributed by atoms with Crippen LogP contribution >= 0.6 is 0 Å². The Labute approximate surface area is 71.7 Å². The van der Waals surface area contributed by atoms with Crippen LogP contribution in [0.1, 0.15) is 6.92 Å². The molecule has 1 atom stereocenters. The van der Waals surface area contributed by atoms with E-state index in [2.05, 4.69) is 0 Å². The highest BCUT2D eigenvalue weighted by Gasteiger charge is 2.23. The summed E-state index contributed by atoms with van der Waals surface area (Å²) in [6.07, 6.45) is 6.80. The monoisotopic (exact) mass is 168 g/mol. The molecule has 1 heterocycles. The summed E-state index contributed by atoms with van der Waals surface area (Å²) >= 11 is 0. The van der Waals surface area contributed by atoms with Crippen LogP contribution in [0.4, 0.5) is 0 Å². The number of rotatable bonds is 4. The molecule has 0 amide bonds. The topological polar surface area (TPSA) is 38.8 Å². The lowest BCUT2D eigenvalue weighted by Gasteiger charge is -1.95. The van der Waals surface area contributed by atoms with Crippen molar-refractivity contribution in [3.63, 3.8) is 0 Å². The van der Waals surface area contributed by atoms with E-state index in [9.17, 15) is 4.79 Å². The van der Waals surface area contributed by atoms with Crippen molar-refractivity contribution in [1.82, 2.24) is 0 Å². The third kappa shape index (κ3) is 3.93. The normalized spacial score (nSPS) is 21.9. The number of carbonyl (C=O) groups excluding carboxylic acids is 1. The molecule has 3 nitrogen and oxygen atoms in total. The first-order chi connectivity index (χ1) is 5.83. The highest BCUT2D eigenvalue weighted by atomic mass is 16.6. The first kappa shape index (κ1) is 9.00. The Bertz CT molecular complexity index is 202. The van der Waals surface area contributed by atoms with Gasteiger partial charge in [-0.3, -0.25) is 0 Å². The first-order valence-corrected chi connectivity index (χ1v) is 3.90. The predicted octanol–water partition coefficient (Wildman–Crippen LogP) is 1.06. The van der Waals surface area contributed by atoms with Gasteiger partial charge in [-0.2, -0.15) is 0 Å². The number of esters is 1. The van der Waals surface area contributed by atoms with Crippen molar-refractivity contribution >= 4 is 5.97 Å². The summed E-state index contributed by atoms with van der Waals surface area (Å²) in [5.41, 5.74) is 0. The number of carbonyl (C=O) groups is 1. The molecule has 0 N–H and O–H groups in total. The minimum Gasteiger partial charge on any atom is -0.460 e. The van der Waals surface area contributed by atoms with E-state index in [0.29, 0.717) is 13.2 Å². The van der Waals surface area contributed by atoms with Gasteiger partial charge < -0.3 is 9.47 Å². The van der Waals surface area contributed by atoms with Gasteiger partial charge in [0.15, 0.2) is 0 Å². The van der Waals surface area contributed by atoms with Crippen LogP contribution in [-0.2, 0) is 14.3 Å². The standard InChI is InChI=1S/C9H12O3/c1-2-3-4-5-9(10)12-7-8-6-11-8/h2-5,8H,6-7H2,1H3/b3-2+,5-4+. The van der Waals surface area contributed by atoms with Gasteiger partial charge in [0.1, 0.15) is 12.7 Å². The van der Waals surface area contributed by atoms with E-state index in [0.717, 1.165) is 0 Å². The van der Waals surface area contributed by atoms with Crippen molar-refractivity contribution < 1.29 is 14.3 Å². The third-order valence-electron chi connectivity index (χ3n) is 1.35. The van der Waals surface area contributed by atoms with Crippen molar-refractivity contribution in [2.75, 3.05) is 13.2 Å². The molecule has 1 fully saturated rings. The smallest absolute Gasteiger partial charge is 0.330 e. The minimum absolute atomic E-state index is 0.143. The van der Waals surface area contributed by atoms with E-state index in [1.165, 1.54) is 6.08 Å². The summed E-state index contributed by atoms with van der Waals surface area (Å²) in [5.74, 6) is -0.316. The summed E-state index contributed by atoms with van der Waals surface area (Å²) in [4.78, 5) is 10.9. The Hall–Kier alpha value is -1.09. The molecule has 0 aromatic rings. The number of epoxide rings is 1. The van der Waals surface area contributed by atoms with Crippen LogP contribution in [0.25, 0.3) is 0 Å². The summed E-state index contributed by atoms with van der Waals surface area (Å²) < 4.78 is 9.70. The average molecular weight is 168 g/mol. The Morgan fingerprint density at radius 3 is 3.00 bits per heavy atom. The van der Waals surface area contributed by atoms with E-state index < -0.39 is 0 Å². The molecule has 12 heavy (non-hydrogen) atoms. The molecule has 1 aliphatic rings. The maximum absolute atomic E-state index is 10.9. The van der Waals surface area contributed by atoms with Crippen LogP contribution in [0.2, 0.25) is 0 Å². The fraction of sp³-hybridized carbons (Fsp3) is 0.444. The summed E-state index contributed by atoms with van der Waals surface area (Å²) in [7, 11) is 0. The van der Waals surface area contributed by atoms with Gasteiger partial charge in [0, 0.05) is 6.08 Å². The zero-order chi connectivity index (χ0) is 8.81. The van der Waals surface area contributed by atoms with Gasteiger partial charge in [0.2, 0.25) is 0 Å². The summed E-state index contributed by atoms with van der Waals surface area (Å²) in [6, 6.07) is 0. The highest BCUT2D eigenvalue weighted by Crippen LogP contribution is 2.08. The second kappa shape index (κ2) is 4.72. The molecule has 0 bridgehead atoms. The predicted molar refractivity (Wildman–Crippen MR) is 44.7 cm³/mol. The van der Waals surface area contributed by atoms with Crippen LogP contribution < -0.4 is 0 Å². The van der Waals surface area contributed by atoms with E-state index >= 15 is 0 Å². The largest absolute Gasteiger partial charge is 0.460 e. The molecule has 1 rings (SSSR count). The molecule has 0 aliphatic carbocycles. The molecule has 3 heteroatoms. The second-order valence-electron chi connectivity index (χ2n) is 2.47. The molecule has 0 saturated carbocycles. The highest BCUT2D eigenvalue weighted by molar-refractivity contribution is 5.82. The van der Waals surface area contributed by atoms with Gasteiger partial charge in [-0.15, -0.1) is 0 Å². The summed E-state index contributed by atoms with van der Waals surface area (Å²) in [5, 5.41) is 0. The van der Waals surface area contributed by atoms with E-state index in [4.69, 9.17) is 9.47 Å². The Balaban J connectivity index is 2.09. The molecule has 66 valence electrons. The molecule has 1 aliphatic heterocycles. The van der Waals surface area contributed by atoms with E-state index in [1.807, 2.05) is 13.0 Å². The molecule has 0 aromatic heterocycles. The van der Waals surface area contributed by atoms with Crippen molar-refractivity contribution in [3.8, 4) is 0 Å². The number of hydrogen-bond acceptors (Lipinski definition) is 3. The van der Waals surface area contributed by atoms with Crippen molar-refractivity contribution in [2.24, 2.45) is 0 Å². The average Bonchev–Trinajstić information content (AvgIpc) is 2.84. The molecule has 0 spiro atoms. The minimum atomic E-state index is -0.316. The van der Waals surface area contributed by atoms with Gasteiger partial charge in [0.05, 0.1) is 6.61 Å². The Morgan fingerprint density at radius 1 is 1.67 bits per heavy atom. The molecule has 0 aromatic carbocycles. The quantitative estimate of drug-likeness (QED) is 0.273. The fourth-order valence-corrected chi connectivity index (χ4v) is 0.633. The van der Waals surface area contributed by atoms with E-state index in [1.54, 1.807) is 12.2 Å². The van der Waals surface area contributed by atoms with E-state index in [-0.39, 0.29) is 12.1 Å². The number of ether oxygens (including phenoxy) is 2. The number of allylic oxidation sites excluding steroid dienone is 3. The van der Waals surface area contributed by atoms with Crippen LogP contribution in [0.15, 0.2) is 24.3 Å². The van der Waals surface area contributed by atoms with Crippen LogP contribution in [0, 0.1) is 0 Å². The molecule has 0 radical (unpaired) electrons. The summed E-state index contributed by atoms with van der Waals surface area (Å²) in [6.45, 7) is 2.97. The first-order valence-electron chi connectivity index (χ1n) is 3.90. The lowest BCUT2D eigenvalue weighted by atomic mass is 10.4. The second-order valence-corrected chi connectivity index (χ2v) is 2.47. The van der Waals surface area contributed by atoms with Crippen molar-refractivity contribution in [1.29, 1.82) is 0 Å². The Kier molecular flexibility index (Phi) is 3.54. The lowest BCUT2D eigenvalue weighted by Crippen LogP contribution is -2.06. The third-order valence-corrected chi connectivity index (χ3v) is 1.35. The molecular formula is C9H12O3. The SMILES string of the molecule is C/C=C/C=C/C(=O)OCC1CO1. The fourth-order valence-electron chi connectivity index (χ4n) is 0.633. The van der Waals surface area contributed by atoms with Gasteiger partial charge in [-0.1, -0.05) is 18.2 Å². The lowest BCUT2D eigenvalue weighted by molar-refractivity contribution is -0.138. The Morgan fingerprint density at radius 2 is 2.42 bits per heavy atom. The van der Waals surface area contributed by atoms with Gasteiger partial charge in [0.25, 0.3) is 0 Å². The van der Waals surface area contributed by atoms with Gasteiger partial charge in [-0.05, 0) is 6.92 Å². The van der Waals surface area contributed by atoms with Crippen molar-refractivity contribution in [3.05, 3.63) is 24.3 Å². The maximum Gasteiger partial charge on any atom is 0.330 e. The van der Waals surface area contributed by atoms with Crippen LogP contribution in [0.3, 0.4) is 0 Å². The molecular weight excluding hydrogens is 156 g/mol. The maximum atomic E-state index is 10.9. The van der Waals surface area contributed by atoms with Crippen LogP contribution in [-0.4, -0.2) is 25.3 Å². The molecule has 1 saturated heterocycles. The van der Waals surface area contributed by atoms with Crippen LogP contribution in [0.5, 0.6) is 0 Å². The van der Waals surface area contributed by atoms with Gasteiger partial charge >= 0.3 is 5.97 Å². The zero-order valence-electron chi connectivity index (χ0n) is 7.03. The number of hydrogen-bond donors (Lipinski definition) is 0. The molecule has 1 unspecified atom stereocenters. The van der Waals surface area contributed by atoms with Crippen molar-refractivity contribution in [2.45, 2.75) is 13.0 Å². The zero-order valence-corrected chi connectivity index (χ0v) is 7.03. The van der Waals surface area contributed by atoms with Gasteiger partial charge in [-0.25, -0.2) is 4.79 Å².